The molecule has 1 heterocycles. The summed E-state index contributed by atoms with van der Waals surface area (Å²) in [6, 6.07) is 0. The highest BCUT2D eigenvalue weighted by atomic mass is 16.5. The van der Waals surface area contributed by atoms with Crippen molar-refractivity contribution in [2.45, 2.75) is 26.7 Å². The summed E-state index contributed by atoms with van der Waals surface area (Å²) < 4.78 is 4.66. The molecule has 0 aliphatic carbocycles. The van der Waals surface area contributed by atoms with E-state index in [-0.39, 0.29) is 5.91 Å². The number of anilines is 1. The summed E-state index contributed by atoms with van der Waals surface area (Å²) in [6.45, 7) is 3.79. The molecular weight excluding hydrogens is 156 g/mol. The summed E-state index contributed by atoms with van der Waals surface area (Å²) >= 11 is 0. The number of rotatable bonds is 3. The van der Waals surface area contributed by atoms with E-state index in [1.807, 2.05) is 13.8 Å². The molecule has 12 heavy (non-hydrogen) atoms. The Balaban J connectivity index is 2.52. The van der Waals surface area contributed by atoms with Crippen molar-refractivity contribution in [2.75, 3.05) is 5.32 Å². The van der Waals surface area contributed by atoms with E-state index in [2.05, 4.69) is 15.0 Å². The van der Waals surface area contributed by atoms with E-state index in [1.54, 1.807) is 0 Å². The van der Waals surface area contributed by atoms with Crippen LogP contribution in [-0.4, -0.2) is 11.1 Å². The van der Waals surface area contributed by atoms with Crippen LogP contribution in [0, 0.1) is 6.92 Å². The molecule has 4 nitrogen and oxygen atoms in total. The number of nitrogens with zero attached hydrogens (tertiary/aromatic N) is 1. The molecule has 4 heteroatoms. The lowest BCUT2D eigenvalue weighted by molar-refractivity contribution is -0.116. The molecule has 0 bridgehead atoms. The first kappa shape index (κ1) is 8.77. The summed E-state index contributed by atoms with van der Waals surface area (Å²) in [6.07, 6.45) is 2.86. The third-order valence-corrected chi connectivity index (χ3v) is 1.48. The molecule has 66 valence electrons. The summed E-state index contributed by atoms with van der Waals surface area (Å²) in [5.41, 5.74) is 0.847. The van der Waals surface area contributed by atoms with Crippen LogP contribution in [0.25, 0.3) is 0 Å². The van der Waals surface area contributed by atoms with Crippen LogP contribution in [0.15, 0.2) is 10.8 Å². The summed E-state index contributed by atoms with van der Waals surface area (Å²) in [5.74, 6) is 0.503. The minimum Gasteiger partial charge on any atom is -0.362 e. The van der Waals surface area contributed by atoms with E-state index in [4.69, 9.17) is 0 Å². The average Bonchev–Trinajstić information content (AvgIpc) is 2.37. The van der Waals surface area contributed by atoms with Crippen molar-refractivity contribution in [2.24, 2.45) is 0 Å². The van der Waals surface area contributed by atoms with Crippen LogP contribution in [0.5, 0.6) is 0 Å². The van der Waals surface area contributed by atoms with Crippen molar-refractivity contribution in [3.63, 3.8) is 0 Å². The summed E-state index contributed by atoms with van der Waals surface area (Å²) in [5, 5.41) is 6.28. The second kappa shape index (κ2) is 3.90. The minimum atomic E-state index is -0.0190. The van der Waals surface area contributed by atoms with Crippen molar-refractivity contribution < 1.29 is 9.32 Å². The molecule has 1 amide bonds. The van der Waals surface area contributed by atoms with Gasteiger partial charge in [-0.2, -0.15) is 0 Å². The van der Waals surface area contributed by atoms with Gasteiger partial charge < -0.3 is 9.84 Å². The van der Waals surface area contributed by atoms with Crippen LogP contribution in [-0.2, 0) is 4.79 Å². The molecule has 0 aliphatic rings. The molecule has 0 radical (unpaired) electrons. The van der Waals surface area contributed by atoms with Crippen molar-refractivity contribution in [1.82, 2.24) is 5.16 Å². The normalized spacial score (nSPS) is 9.83. The molecule has 1 N–H and O–H groups in total. The number of aromatic nitrogens is 1. The lowest BCUT2D eigenvalue weighted by Gasteiger charge is -1.98. The predicted molar refractivity (Wildman–Crippen MR) is 44.8 cm³/mol. The van der Waals surface area contributed by atoms with E-state index in [1.165, 1.54) is 6.26 Å². The zero-order chi connectivity index (χ0) is 8.97. The SMILES string of the molecule is CCCC(=O)Nc1nocc1C. The fourth-order valence-electron chi connectivity index (χ4n) is 0.829. The maximum atomic E-state index is 11.1. The molecule has 0 fully saturated rings. The van der Waals surface area contributed by atoms with E-state index in [0.29, 0.717) is 12.2 Å². The van der Waals surface area contributed by atoms with Crippen LogP contribution in [0.1, 0.15) is 25.3 Å². The van der Waals surface area contributed by atoms with Gasteiger partial charge in [0.15, 0.2) is 5.82 Å². The quantitative estimate of drug-likeness (QED) is 0.747. The Morgan fingerprint density at radius 2 is 2.50 bits per heavy atom. The summed E-state index contributed by atoms with van der Waals surface area (Å²) in [7, 11) is 0. The van der Waals surface area contributed by atoms with E-state index >= 15 is 0 Å². The molecular formula is C8H12N2O2. The van der Waals surface area contributed by atoms with Gasteiger partial charge in [0.1, 0.15) is 6.26 Å². The van der Waals surface area contributed by atoms with Crippen LogP contribution in [0.3, 0.4) is 0 Å². The first-order chi connectivity index (χ1) is 5.74. The highest BCUT2D eigenvalue weighted by Crippen LogP contribution is 2.10. The third-order valence-electron chi connectivity index (χ3n) is 1.48. The third kappa shape index (κ3) is 2.08. The van der Waals surface area contributed by atoms with Gasteiger partial charge in [0.05, 0.1) is 0 Å². The smallest absolute Gasteiger partial charge is 0.225 e. The van der Waals surface area contributed by atoms with Gasteiger partial charge in [0.25, 0.3) is 0 Å². The molecule has 0 aliphatic heterocycles. The number of carbonyl (C=O) groups is 1. The molecule has 0 aromatic carbocycles. The van der Waals surface area contributed by atoms with E-state index < -0.39 is 0 Å². The molecule has 1 aromatic rings. The largest absolute Gasteiger partial charge is 0.362 e. The number of carbonyl (C=O) groups excluding carboxylic acids is 1. The standard InChI is InChI=1S/C8H12N2O2/c1-3-4-7(11)9-8-6(2)5-12-10-8/h5H,3-4H2,1-2H3,(H,9,10,11). The van der Waals surface area contributed by atoms with Gasteiger partial charge in [-0.3, -0.25) is 4.79 Å². The van der Waals surface area contributed by atoms with Gasteiger partial charge >= 0.3 is 0 Å². The van der Waals surface area contributed by atoms with Crippen molar-refractivity contribution in [1.29, 1.82) is 0 Å². The summed E-state index contributed by atoms with van der Waals surface area (Å²) in [4.78, 5) is 11.1. The average molecular weight is 168 g/mol. The van der Waals surface area contributed by atoms with Crippen molar-refractivity contribution >= 4 is 11.7 Å². The minimum absolute atomic E-state index is 0.0190. The molecule has 1 aromatic heterocycles. The topological polar surface area (TPSA) is 55.1 Å². The molecule has 0 unspecified atom stereocenters. The zero-order valence-electron chi connectivity index (χ0n) is 7.26. The highest BCUT2D eigenvalue weighted by molar-refractivity contribution is 5.90. The lowest BCUT2D eigenvalue weighted by Crippen LogP contribution is -2.11. The Morgan fingerprint density at radius 1 is 1.75 bits per heavy atom. The monoisotopic (exact) mass is 168 g/mol. The maximum absolute atomic E-state index is 11.1. The van der Waals surface area contributed by atoms with Crippen molar-refractivity contribution in [3.05, 3.63) is 11.8 Å². The maximum Gasteiger partial charge on any atom is 0.225 e. The van der Waals surface area contributed by atoms with Gasteiger partial charge in [-0.15, -0.1) is 0 Å². The van der Waals surface area contributed by atoms with Crippen LogP contribution >= 0.6 is 0 Å². The Hall–Kier alpha value is -1.32. The van der Waals surface area contributed by atoms with E-state index in [0.717, 1.165) is 12.0 Å². The van der Waals surface area contributed by atoms with Gasteiger partial charge in [0, 0.05) is 12.0 Å². The first-order valence-electron chi connectivity index (χ1n) is 3.95. The van der Waals surface area contributed by atoms with E-state index in [9.17, 15) is 4.79 Å². The van der Waals surface area contributed by atoms with Crippen LogP contribution in [0.4, 0.5) is 5.82 Å². The predicted octanol–water partition coefficient (Wildman–Crippen LogP) is 1.72. The molecule has 0 atom stereocenters. The number of aryl methyl sites for hydroxylation is 1. The Bertz CT molecular complexity index is 268. The Morgan fingerprint density at radius 3 is 3.00 bits per heavy atom. The number of hydrogen-bond acceptors (Lipinski definition) is 3. The lowest BCUT2D eigenvalue weighted by atomic mass is 10.3. The van der Waals surface area contributed by atoms with Crippen LogP contribution in [0.2, 0.25) is 0 Å². The molecule has 0 spiro atoms. The number of hydrogen-bond donors (Lipinski definition) is 1. The van der Waals surface area contributed by atoms with Gasteiger partial charge in [0.2, 0.25) is 5.91 Å². The Kier molecular flexibility index (Phi) is 2.85. The fraction of sp³-hybridized carbons (Fsp3) is 0.500. The fourth-order valence-corrected chi connectivity index (χ4v) is 0.829. The first-order valence-corrected chi connectivity index (χ1v) is 3.95. The number of nitrogens with one attached hydrogen (secondary N) is 1. The molecule has 0 saturated heterocycles. The highest BCUT2D eigenvalue weighted by Gasteiger charge is 2.06. The Labute approximate surface area is 70.9 Å². The van der Waals surface area contributed by atoms with Gasteiger partial charge in [-0.05, 0) is 13.3 Å². The zero-order valence-corrected chi connectivity index (χ0v) is 7.26. The number of amides is 1. The second-order valence-corrected chi connectivity index (χ2v) is 2.64. The van der Waals surface area contributed by atoms with Gasteiger partial charge in [-0.25, -0.2) is 0 Å². The second-order valence-electron chi connectivity index (χ2n) is 2.64. The molecule has 1 rings (SSSR count). The van der Waals surface area contributed by atoms with Gasteiger partial charge in [-0.1, -0.05) is 12.1 Å². The van der Waals surface area contributed by atoms with Crippen LogP contribution < -0.4 is 5.32 Å². The molecule has 0 saturated carbocycles. The van der Waals surface area contributed by atoms with Crippen molar-refractivity contribution in [3.8, 4) is 0 Å².